The summed E-state index contributed by atoms with van der Waals surface area (Å²) in [6, 6.07) is 19.9. The average molecular weight is 433 g/mol. The lowest BCUT2D eigenvalue weighted by molar-refractivity contribution is -0.127. The molecule has 0 spiro atoms. The lowest BCUT2D eigenvalue weighted by atomic mass is 10.1. The van der Waals surface area contributed by atoms with E-state index in [2.05, 4.69) is 29.3 Å². The Balaban J connectivity index is 1.55. The molecule has 158 valence electrons. The molecule has 0 aliphatic heterocycles. The molecule has 0 N–H and O–H groups in total. The minimum absolute atomic E-state index is 0.0388. The molecule has 7 heteroatoms. The number of rotatable bonds is 7. The summed E-state index contributed by atoms with van der Waals surface area (Å²) in [4.78, 5) is 14.6. The molecule has 0 bridgehead atoms. The second kappa shape index (κ2) is 9.22. The molecule has 0 atom stereocenters. The molecule has 0 radical (unpaired) electrons. The third-order valence-corrected chi connectivity index (χ3v) is 6.08. The normalized spacial score (nSPS) is 10.9. The van der Waals surface area contributed by atoms with Crippen molar-refractivity contribution in [3.63, 3.8) is 0 Å². The Morgan fingerprint density at radius 3 is 2.48 bits per heavy atom. The molecule has 1 amide bonds. The predicted octanol–water partition coefficient (Wildman–Crippen LogP) is 4.89. The summed E-state index contributed by atoms with van der Waals surface area (Å²) < 4.78 is 7.44. The van der Waals surface area contributed by atoms with Crippen molar-refractivity contribution in [1.82, 2.24) is 19.7 Å². The molecule has 2 heterocycles. The van der Waals surface area contributed by atoms with E-state index in [4.69, 9.17) is 4.42 Å². The summed E-state index contributed by atoms with van der Waals surface area (Å²) >= 11 is 1.38. The molecular weight excluding hydrogens is 408 g/mol. The number of furan rings is 1. The number of benzene rings is 2. The van der Waals surface area contributed by atoms with Crippen LogP contribution in [0.1, 0.15) is 16.9 Å². The third-order valence-electron chi connectivity index (χ3n) is 5.17. The molecule has 31 heavy (non-hydrogen) atoms. The van der Waals surface area contributed by atoms with Gasteiger partial charge in [-0.15, -0.1) is 10.2 Å². The van der Waals surface area contributed by atoms with E-state index in [0.29, 0.717) is 17.5 Å². The molecule has 2 aromatic carbocycles. The second-order valence-electron chi connectivity index (χ2n) is 7.33. The highest BCUT2D eigenvalue weighted by Crippen LogP contribution is 2.30. The van der Waals surface area contributed by atoms with Crippen LogP contribution in [0.5, 0.6) is 0 Å². The molecule has 0 unspecified atom stereocenters. The maximum absolute atomic E-state index is 12.8. The van der Waals surface area contributed by atoms with Crippen molar-refractivity contribution in [2.45, 2.75) is 25.5 Å². The first-order valence-corrected chi connectivity index (χ1v) is 11.0. The smallest absolute Gasteiger partial charge is 0.233 e. The van der Waals surface area contributed by atoms with Crippen LogP contribution >= 0.6 is 11.8 Å². The van der Waals surface area contributed by atoms with E-state index in [0.717, 1.165) is 22.6 Å². The fourth-order valence-corrected chi connectivity index (χ4v) is 4.22. The van der Waals surface area contributed by atoms with Crippen LogP contribution in [0.15, 0.2) is 76.5 Å². The summed E-state index contributed by atoms with van der Waals surface area (Å²) in [5.41, 5.74) is 4.14. The molecule has 0 aliphatic carbocycles. The summed E-state index contributed by atoms with van der Waals surface area (Å²) in [5.74, 6) is 1.78. The highest BCUT2D eigenvalue weighted by Gasteiger charge is 2.20. The topological polar surface area (TPSA) is 64.2 Å². The van der Waals surface area contributed by atoms with Gasteiger partial charge in [0.05, 0.1) is 17.6 Å². The van der Waals surface area contributed by atoms with Crippen molar-refractivity contribution in [3.05, 3.63) is 83.8 Å². The Morgan fingerprint density at radius 2 is 1.77 bits per heavy atom. The van der Waals surface area contributed by atoms with Gasteiger partial charge in [-0.2, -0.15) is 0 Å². The Hall–Kier alpha value is -3.32. The summed E-state index contributed by atoms with van der Waals surface area (Å²) in [6.07, 6.45) is 1.64. The minimum atomic E-state index is 0.0388. The van der Waals surface area contributed by atoms with Crippen LogP contribution in [0.4, 0.5) is 0 Å². The van der Waals surface area contributed by atoms with Gasteiger partial charge >= 0.3 is 0 Å². The first-order valence-electron chi connectivity index (χ1n) is 10.0. The van der Waals surface area contributed by atoms with Gasteiger partial charge in [-0.05, 0) is 43.2 Å². The van der Waals surface area contributed by atoms with Crippen LogP contribution in [-0.2, 0) is 11.3 Å². The van der Waals surface area contributed by atoms with E-state index in [1.807, 2.05) is 67.1 Å². The number of aryl methyl sites for hydroxylation is 2. The highest BCUT2D eigenvalue weighted by molar-refractivity contribution is 7.99. The van der Waals surface area contributed by atoms with E-state index in [9.17, 15) is 4.79 Å². The summed E-state index contributed by atoms with van der Waals surface area (Å²) in [6.45, 7) is 4.54. The molecule has 0 fully saturated rings. The largest absolute Gasteiger partial charge is 0.469 e. The van der Waals surface area contributed by atoms with Crippen LogP contribution < -0.4 is 0 Å². The van der Waals surface area contributed by atoms with Gasteiger partial charge in [0.15, 0.2) is 11.0 Å². The molecule has 0 saturated heterocycles. The number of thioether (sulfide) groups is 1. The van der Waals surface area contributed by atoms with Gasteiger partial charge in [0.1, 0.15) is 5.76 Å². The zero-order chi connectivity index (χ0) is 21.8. The predicted molar refractivity (Wildman–Crippen MR) is 122 cm³/mol. The van der Waals surface area contributed by atoms with Crippen molar-refractivity contribution in [1.29, 1.82) is 0 Å². The average Bonchev–Trinajstić information content (AvgIpc) is 3.39. The molecule has 6 nitrogen and oxygen atoms in total. The Morgan fingerprint density at radius 1 is 1.03 bits per heavy atom. The van der Waals surface area contributed by atoms with Crippen molar-refractivity contribution >= 4 is 17.7 Å². The van der Waals surface area contributed by atoms with Crippen molar-refractivity contribution in [3.8, 4) is 17.1 Å². The minimum Gasteiger partial charge on any atom is -0.469 e. The first-order chi connectivity index (χ1) is 15.0. The zero-order valence-corrected chi connectivity index (χ0v) is 18.6. The summed E-state index contributed by atoms with van der Waals surface area (Å²) in [7, 11) is 1.83. The van der Waals surface area contributed by atoms with Crippen LogP contribution in [0, 0.1) is 13.8 Å². The lowest BCUT2D eigenvalue weighted by Gasteiger charge is -2.18. The fraction of sp³-hybridized carbons (Fsp3) is 0.208. The number of amides is 1. The Kier molecular flexibility index (Phi) is 6.23. The molecule has 2 aromatic heterocycles. The van der Waals surface area contributed by atoms with Crippen molar-refractivity contribution in [2.75, 3.05) is 12.8 Å². The highest BCUT2D eigenvalue weighted by atomic mass is 32.2. The van der Waals surface area contributed by atoms with Crippen molar-refractivity contribution in [2.24, 2.45) is 0 Å². The van der Waals surface area contributed by atoms with Crippen LogP contribution in [0.25, 0.3) is 17.1 Å². The van der Waals surface area contributed by atoms with E-state index >= 15 is 0 Å². The zero-order valence-electron chi connectivity index (χ0n) is 17.8. The second-order valence-corrected chi connectivity index (χ2v) is 8.28. The number of aromatic nitrogens is 3. The maximum atomic E-state index is 12.8. The van der Waals surface area contributed by atoms with Gasteiger partial charge in [0.25, 0.3) is 0 Å². The van der Waals surface area contributed by atoms with Gasteiger partial charge in [-0.25, -0.2) is 0 Å². The monoisotopic (exact) mass is 432 g/mol. The third kappa shape index (κ3) is 4.56. The van der Waals surface area contributed by atoms with E-state index < -0.39 is 0 Å². The molecule has 4 rings (SSSR count). The number of nitrogens with zero attached hydrogens (tertiary/aromatic N) is 4. The molecule has 4 aromatic rings. The maximum Gasteiger partial charge on any atom is 0.233 e. The first kappa shape index (κ1) is 20.9. The number of carbonyl (C=O) groups excluding carboxylic acids is 1. The molecular formula is C24H24N4O2S. The van der Waals surface area contributed by atoms with Crippen molar-refractivity contribution < 1.29 is 9.21 Å². The van der Waals surface area contributed by atoms with Gasteiger partial charge in [0, 0.05) is 19.3 Å². The number of hydrogen-bond acceptors (Lipinski definition) is 5. The van der Waals surface area contributed by atoms with Crippen LogP contribution in [0.2, 0.25) is 0 Å². The van der Waals surface area contributed by atoms with Gasteiger partial charge in [-0.3, -0.25) is 9.36 Å². The van der Waals surface area contributed by atoms with Crippen LogP contribution in [-0.4, -0.2) is 38.4 Å². The Labute approximate surface area is 185 Å². The fourth-order valence-electron chi connectivity index (χ4n) is 3.33. The summed E-state index contributed by atoms with van der Waals surface area (Å²) in [5, 5.41) is 9.45. The van der Waals surface area contributed by atoms with E-state index in [1.165, 1.54) is 17.3 Å². The van der Waals surface area contributed by atoms with Gasteiger partial charge < -0.3 is 9.32 Å². The number of hydrogen-bond donors (Lipinski definition) is 0. The SMILES string of the molecule is Cc1ccccc1CN(C)C(=O)CSc1nnc(-c2ccoc2C)n1-c1ccccc1. The quantitative estimate of drug-likeness (QED) is 0.389. The lowest BCUT2D eigenvalue weighted by Crippen LogP contribution is -2.28. The van der Waals surface area contributed by atoms with Gasteiger partial charge in [0.2, 0.25) is 5.91 Å². The van der Waals surface area contributed by atoms with Gasteiger partial charge in [-0.1, -0.05) is 54.2 Å². The Bertz CT molecular complexity index is 1180. The van der Waals surface area contributed by atoms with E-state index in [1.54, 1.807) is 11.2 Å². The molecule has 0 saturated carbocycles. The number of carbonyl (C=O) groups is 1. The number of para-hydroxylation sites is 1. The van der Waals surface area contributed by atoms with Crippen LogP contribution in [0.3, 0.4) is 0 Å². The standard InChI is InChI=1S/C24H24N4O2S/c1-17-9-7-8-10-19(17)15-27(3)22(29)16-31-24-26-25-23(21-13-14-30-18(21)2)28(24)20-11-5-4-6-12-20/h4-14H,15-16H2,1-3H3. The van der Waals surface area contributed by atoms with E-state index in [-0.39, 0.29) is 11.7 Å². The molecule has 0 aliphatic rings.